The third-order valence-electron chi connectivity index (χ3n) is 2.13. The van der Waals surface area contributed by atoms with Gasteiger partial charge in [0.15, 0.2) is 0 Å². The molecule has 0 saturated heterocycles. The van der Waals surface area contributed by atoms with Gasteiger partial charge in [-0.15, -0.1) is 0 Å². The Morgan fingerprint density at radius 3 is 2.53 bits per heavy atom. The number of hydrogen-bond acceptors (Lipinski definition) is 3. The SMILES string of the molecule is O=C(O)/C=C/c1ccc(CS(=O)[O-])c(C(F)(F)F)c1. The van der Waals surface area contributed by atoms with E-state index in [2.05, 4.69) is 0 Å². The summed E-state index contributed by atoms with van der Waals surface area (Å²) in [7, 11) is 0. The molecule has 0 aromatic heterocycles. The maximum atomic E-state index is 12.7. The molecule has 1 rings (SSSR count). The summed E-state index contributed by atoms with van der Waals surface area (Å²) >= 11 is -2.64. The zero-order valence-electron chi connectivity index (χ0n) is 9.31. The van der Waals surface area contributed by atoms with E-state index in [4.69, 9.17) is 5.11 Å². The van der Waals surface area contributed by atoms with Crippen LogP contribution in [0.25, 0.3) is 6.08 Å². The van der Waals surface area contributed by atoms with Crippen LogP contribution in [0.2, 0.25) is 0 Å². The average molecular weight is 293 g/mol. The molecular formula is C11H8F3O4S-. The van der Waals surface area contributed by atoms with E-state index in [0.29, 0.717) is 12.1 Å². The molecule has 0 spiro atoms. The zero-order chi connectivity index (χ0) is 14.6. The molecule has 0 aliphatic carbocycles. The number of carboxylic acids is 1. The monoisotopic (exact) mass is 293 g/mol. The first-order valence-corrected chi connectivity index (χ1v) is 6.11. The van der Waals surface area contributed by atoms with E-state index in [1.807, 2.05) is 0 Å². The Hall–Kier alpha value is -1.67. The lowest BCUT2D eigenvalue weighted by Gasteiger charge is -2.14. The summed E-state index contributed by atoms with van der Waals surface area (Å²) in [5.74, 6) is -2.05. The van der Waals surface area contributed by atoms with Gasteiger partial charge in [-0.3, -0.25) is 4.21 Å². The van der Waals surface area contributed by atoms with E-state index in [1.54, 1.807) is 0 Å². The quantitative estimate of drug-likeness (QED) is 0.682. The second-order valence-electron chi connectivity index (χ2n) is 3.53. The summed E-state index contributed by atoms with van der Waals surface area (Å²) in [6.07, 6.45) is -3.02. The van der Waals surface area contributed by atoms with Gasteiger partial charge in [0.1, 0.15) is 0 Å². The fraction of sp³-hybridized carbons (Fsp3) is 0.182. The smallest absolute Gasteiger partial charge is 0.416 e. The minimum Gasteiger partial charge on any atom is -0.772 e. The number of carboxylic acid groups (broad SMARTS) is 1. The lowest BCUT2D eigenvalue weighted by molar-refractivity contribution is -0.138. The Labute approximate surface area is 108 Å². The number of aliphatic carboxylic acids is 1. The van der Waals surface area contributed by atoms with Crippen LogP contribution in [0.1, 0.15) is 16.7 Å². The summed E-state index contributed by atoms with van der Waals surface area (Å²) in [5, 5.41) is 8.39. The van der Waals surface area contributed by atoms with Gasteiger partial charge in [-0.2, -0.15) is 13.2 Å². The molecule has 0 heterocycles. The van der Waals surface area contributed by atoms with Crippen molar-refractivity contribution in [2.24, 2.45) is 0 Å². The van der Waals surface area contributed by atoms with Crippen molar-refractivity contribution in [1.29, 1.82) is 0 Å². The van der Waals surface area contributed by atoms with Crippen molar-refractivity contribution in [2.75, 3.05) is 0 Å². The molecule has 19 heavy (non-hydrogen) atoms. The van der Waals surface area contributed by atoms with Crippen molar-refractivity contribution in [3.05, 3.63) is 41.0 Å². The average Bonchev–Trinajstić information content (AvgIpc) is 2.25. The Morgan fingerprint density at radius 1 is 1.42 bits per heavy atom. The van der Waals surface area contributed by atoms with Crippen LogP contribution in [0.3, 0.4) is 0 Å². The van der Waals surface area contributed by atoms with E-state index < -0.39 is 34.5 Å². The van der Waals surface area contributed by atoms with Gasteiger partial charge in [0, 0.05) is 11.8 Å². The van der Waals surface area contributed by atoms with Gasteiger partial charge in [0.2, 0.25) is 0 Å². The van der Waals surface area contributed by atoms with E-state index in [9.17, 15) is 26.7 Å². The fourth-order valence-electron chi connectivity index (χ4n) is 1.38. The van der Waals surface area contributed by atoms with E-state index in [0.717, 1.165) is 12.1 Å². The Balaban J connectivity index is 3.23. The molecule has 1 aromatic rings. The molecule has 1 aromatic carbocycles. The van der Waals surface area contributed by atoms with Crippen LogP contribution in [0, 0.1) is 0 Å². The number of alkyl halides is 3. The predicted molar refractivity (Wildman–Crippen MR) is 60.7 cm³/mol. The van der Waals surface area contributed by atoms with Crippen LogP contribution in [-0.2, 0) is 27.8 Å². The molecule has 4 nitrogen and oxygen atoms in total. The van der Waals surface area contributed by atoms with Crippen molar-refractivity contribution < 1.29 is 31.8 Å². The molecule has 1 N–H and O–H groups in total. The highest BCUT2D eigenvalue weighted by Crippen LogP contribution is 2.33. The summed E-state index contributed by atoms with van der Waals surface area (Å²) in [6, 6.07) is 2.94. The first kappa shape index (κ1) is 15.4. The normalized spacial score (nSPS) is 13.7. The molecule has 0 aliphatic rings. The molecule has 1 atom stereocenters. The number of carbonyl (C=O) groups is 1. The summed E-state index contributed by atoms with van der Waals surface area (Å²) in [5.41, 5.74) is -1.45. The second-order valence-corrected chi connectivity index (χ2v) is 4.43. The lowest BCUT2D eigenvalue weighted by atomic mass is 10.0. The van der Waals surface area contributed by atoms with Crippen LogP contribution < -0.4 is 0 Å². The summed E-state index contributed by atoms with van der Waals surface area (Å²) in [4.78, 5) is 10.3. The molecule has 1 unspecified atom stereocenters. The van der Waals surface area contributed by atoms with Crippen molar-refractivity contribution in [2.45, 2.75) is 11.9 Å². The maximum absolute atomic E-state index is 12.7. The first-order valence-electron chi connectivity index (χ1n) is 4.87. The van der Waals surface area contributed by atoms with Gasteiger partial charge in [0.05, 0.1) is 5.56 Å². The van der Waals surface area contributed by atoms with E-state index in [-0.39, 0.29) is 11.1 Å². The van der Waals surface area contributed by atoms with E-state index in [1.165, 1.54) is 6.07 Å². The van der Waals surface area contributed by atoms with Gasteiger partial charge < -0.3 is 9.66 Å². The molecule has 0 radical (unpaired) electrons. The molecule has 0 saturated carbocycles. The van der Waals surface area contributed by atoms with Gasteiger partial charge in [0.25, 0.3) is 0 Å². The standard InChI is InChI=1S/C11H9F3O4S/c12-11(13,14)9-5-7(2-4-10(15)16)1-3-8(9)6-19(17)18/h1-5H,6H2,(H,15,16)(H,17,18)/p-1/b4-2+. The Morgan fingerprint density at radius 2 is 2.05 bits per heavy atom. The third-order valence-corrected chi connectivity index (χ3v) is 2.68. The second kappa shape index (κ2) is 5.98. The number of halogens is 3. The minimum absolute atomic E-state index is 0.0233. The lowest BCUT2D eigenvalue weighted by Crippen LogP contribution is -2.11. The van der Waals surface area contributed by atoms with Crippen molar-refractivity contribution in [3.8, 4) is 0 Å². The van der Waals surface area contributed by atoms with Gasteiger partial charge >= 0.3 is 12.1 Å². The molecule has 104 valence electrons. The molecule has 0 aliphatic heterocycles. The van der Waals surface area contributed by atoms with Crippen LogP contribution >= 0.6 is 0 Å². The zero-order valence-corrected chi connectivity index (χ0v) is 10.1. The van der Waals surface area contributed by atoms with Gasteiger partial charge in [-0.25, -0.2) is 4.79 Å². The largest absolute Gasteiger partial charge is 0.772 e. The minimum atomic E-state index is -4.71. The molecule has 8 heteroatoms. The van der Waals surface area contributed by atoms with Gasteiger partial charge in [-0.05, 0) is 23.3 Å². The fourth-order valence-corrected chi connectivity index (χ4v) is 1.89. The molecular weight excluding hydrogens is 285 g/mol. The highest BCUT2D eigenvalue weighted by Gasteiger charge is 2.33. The molecule has 0 fully saturated rings. The predicted octanol–water partition coefficient (Wildman–Crippen LogP) is 2.18. The number of rotatable bonds is 4. The van der Waals surface area contributed by atoms with Crippen LogP contribution in [0.4, 0.5) is 13.2 Å². The number of hydrogen-bond donors (Lipinski definition) is 1. The van der Waals surface area contributed by atoms with Gasteiger partial charge in [-0.1, -0.05) is 23.2 Å². The Kier molecular flexibility index (Phi) is 4.84. The van der Waals surface area contributed by atoms with Crippen LogP contribution in [0.5, 0.6) is 0 Å². The van der Waals surface area contributed by atoms with Crippen LogP contribution in [0.15, 0.2) is 24.3 Å². The van der Waals surface area contributed by atoms with Crippen molar-refractivity contribution in [1.82, 2.24) is 0 Å². The molecule has 0 amide bonds. The molecule has 0 bridgehead atoms. The highest BCUT2D eigenvalue weighted by atomic mass is 32.2. The number of benzene rings is 1. The topological polar surface area (TPSA) is 77.4 Å². The third kappa shape index (κ3) is 4.84. The summed E-state index contributed by atoms with van der Waals surface area (Å²) in [6.45, 7) is 0. The van der Waals surface area contributed by atoms with Crippen molar-refractivity contribution in [3.63, 3.8) is 0 Å². The van der Waals surface area contributed by atoms with Crippen LogP contribution in [-0.4, -0.2) is 19.8 Å². The van der Waals surface area contributed by atoms with Crippen molar-refractivity contribution >= 4 is 23.1 Å². The first-order chi connectivity index (χ1) is 8.70. The van der Waals surface area contributed by atoms with E-state index >= 15 is 0 Å². The summed E-state index contributed by atoms with van der Waals surface area (Å²) < 4.78 is 59.2. The Bertz CT molecular complexity index is 537. The highest BCUT2D eigenvalue weighted by molar-refractivity contribution is 7.78. The maximum Gasteiger partial charge on any atom is 0.416 e.